The van der Waals surface area contributed by atoms with Crippen LogP contribution in [0.3, 0.4) is 0 Å². The first kappa shape index (κ1) is 38.1. The zero-order chi connectivity index (χ0) is 40.7. The molecule has 5 aromatic carbocycles. The second kappa shape index (κ2) is 15.4. The zero-order valence-electron chi connectivity index (χ0n) is 35.0. The van der Waals surface area contributed by atoms with Crippen molar-refractivity contribution in [3.8, 4) is 11.3 Å². The molecule has 4 nitrogen and oxygen atoms in total. The van der Waals surface area contributed by atoms with Crippen LogP contribution < -0.4 is 0 Å². The summed E-state index contributed by atoms with van der Waals surface area (Å²) in [5.74, 6) is 0.925. The molecule has 0 N–H and O–H groups in total. The molecule has 4 heterocycles. The fourth-order valence-corrected chi connectivity index (χ4v) is 9.49. The van der Waals surface area contributed by atoms with E-state index in [1.54, 1.807) is 0 Å². The molecule has 292 valence electrons. The van der Waals surface area contributed by atoms with Crippen molar-refractivity contribution in [2.45, 2.75) is 65.2 Å². The number of aromatic nitrogens is 4. The SMILES string of the molecule is CC(C)Cc1cccc(CC(C)C)c1-c1c([C@](C)(c2ccccc2)c2ccccn2)nc2c3cc(C(C)(c4ccccc4)c4ccccn4)ccc3c3ccccc3n12. The van der Waals surface area contributed by atoms with E-state index in [1.165, 1.54) is 33.0 Å². The first-order valence-electron chi connectivity index (χ1n) is 21.1. The molecule has 59 heavy (non-hydrogen) atoms. The lowest BCUT2D eigenvalue weighted by Gasteiger charge is -2.31. The summed E-state index contributed by atoms with van der Waals surface area (Å²) in [6.07, 6.45) is 5.73. The maximum Gasteiger partial charge on any atom is 0.146 e. The summed E-state index contributed by atoms with van der Waals surface area (Å²) in [6.45, 7) is 13.9. The van der Waals surface area contributed by atoms with Crippen molar-refractivity contribution in [2.75, 3.05) is 0 Å². The van der Waals surface area contributed by atoms with Gasteiger partial charge in [0.2, 0.25) is 0 Å². The Bertz CT molecular complexity index is 2790. The third kappa shape index (κ3) is 6.52. The molecule has 9 rings (SSSR count). The predicted octanol–water partition coefficient (Wildman–Crippen LogP) is 13.2. The molecule has 4 heteroatoms. The molecule has 0 fully saturated rings. The molecule has 9 aromatic rings. The van der Waals surface area contributed by atoms with Gasteiger partial charge in [0.1, 0.15) is 5.65 Å². The summed E-state index contributed by atoms with van der Waals surface area (Å²) in [5.41, 5.74) is 12.4. The summed E-state index contributed by atoms with van der Waals surface area (Å²) in [4.78, 5) is 16.1. The van der Waals surface area contributed by atoms with E-state index < -0.39 is 10.8 Å². The number of imidazole rings is 1. The highest BCUT2D eigenvalue weighted by Gasteiger charge is 2.40. The molecule has 0 aliphatic rings. The van der Waals surface area contributed by atoms with Gasteiger partial charge in [-0.15, -0.1) is 0 Å². The zero-order valence-corrected chi connectivity index (χ0v) is 35.0. The minimum absolute atomic E-state index is 0.462. The molecule has 4 aromatic heterocycles. The van der Waals surface area contributed by atoms with E-state index >= 15 is 0 Å². The van der Waals surface area contributed by atoms with Crippen molar-refractivity contribution in [1.82, 2.24) is 19.4 Å². The van der Waals surface area contributed by atoms with Gasteiger partial charge in [-0.2, -0.15) is 0 Å². The number of para-hydroxylation sites is 1. The highest BCUT2D eigenvalue weighted by molar-refractivity contribution is 6.13. The van der Waals surface area contributed by atoms with E-state index in [0.29, 0.717) is 11.8 Å². The summed E-state index contributed by atoms with van der Waals surface area (Å²) < 4.78 is 2.50. The molecular weight excluding hydrogens is 717 g/mol. The maximum atomic E-state index is 6.01. The van der Waals surface area contributed by atoms with E-state index in [1.807, 2.05) is 24.5 Å². The predicted molar refractivity (Wildman–Crippen MR) is 245 cm³/mol. The number of rotatable bonds is 11. The Labute approximate surface area is 348 Å². The Hall–Kier alpha value is -6.39. The number of nitrogens with zero attached hydrogens (tertiary/aromatic N) is 4. The molecule has 0 saturated carbocycles. The van der Waals surface area contributed by atoms with Gasteiger partial charge in [0.25, 0.3) is 0 Å². The lowest BCUT2D eigenvalue weighted by atomic mass is 9.73. The van der Waals surface area contributed by atoms with Crippen LogP contribution in [0.25, 0.3) is 38.6 Å². The van der Waals surface area contributed by atoms with E-state index in [-0.39, 0.29) is 0 Å². The monoisotopic (exact) mass is 768 g/mol. The standard InChI is InChI=1S/C55H52N4/c1-37(2)34-39-20-19-21-40(35-38(3)4)50(39)51-52(55(6,42-24-11-8-12-25-42)49-29-16-18-33-57-49)58-53-46-36-43(30-31-44(46)45-26-13-14-27-47(45)59(51)53)54(5,41-22-9-7-10-23-41)48-28-15-17-32-56-48/h7-33,36-38H,34-35H2,1-6H3/t54?,55-/m1/s1. The largest absolute Gasteiger partial charge is 0.291 e. The van der Waals surface area contributed by atoms with Crippen molar-refractivity contribution in [3.63, 3.8) is 0 Å². The molecule has 0 bridgehead atoms. The number of fused-ring (bicyclic) bond motifs is 6. The fourth-order valence-electron chi connectivity index (χ4n) is 9.49. The molecule has 0 spiro atoms. The molecule has 0 aliphatic heterocycles. The van der Waals surface area contributed by atoms with Crippen LogP contribution >= 0.6 is 0 Å². The average Bonchev–Trinajstić information content (AvgIpc) is 3.68. The van der Waals surface area contributed by atoms with Gasteiger partial charge in [-0.25, -0.2) is 4.98 Å². The molecule has 0 radical (unpaired) electrons. The molecule has 0 saturated heterocycles. The van der Waals surface area contributed by atoms with Gasteiger partial charge in [0.05, 0.1) is 39.1 Å². The van der Waals surface area contributed by atoms with Gasteiger partial charge in [0.15, 0.2) is 0 Å². The van der Waals surface area contributed by atoms with Crippen LogP contribution in [0, 0.1) is 11.8 Å². The summed E-state index contributed by atoms with van der Waals surface area (Å²) in [7, 11) is 0. The van der Waals surface area contributed by atoms with Gasteiger partial charge in [-0.1, -0.05) is 149 Å². The Morgan fingerprint density at radius 1 is 0.492 bits per heavy atom. The lowest BCUT2D eigenvalue weighted by molar-refractivity contribution is 0.633. The molecule has 2 atom stereocenters. The summed E-state index contributed by atoms with van der Waals surface area (Å²) in [5, 5.41) is 3.47. The smallest absolute Gasteiger partial charge is 0.146 e. The Morgan fingerprint density at radius 3 is 1.61 bits per heavy atom. The second-order valence-corrected chi connectivity index (χ2v) is 17.3. The fraction of sp³-hybridized carbons (Fsp3) is 0.218. The Morgan fingerprint density at radius 2 is 1.03 bits per heavy atom. The van der Waals surface area contributed by atoms with Crippen LogP contribution in [0.1, 0.15) is 86.4 Å². The highest BCUT2D eigenvalue weighted by Crippen LogP contribution is 2.48. The van der Waals surface area contributed by atoms with Crippen LogP contribution in [0.2, 0.25) is 0 Å². The van der Waals surface area contributed by atoms with Gasteiger partial charge in [-0.3, -0.25) is 14.4 Å². The van der Waals surface area contributed by atoms with Crippen LogP contribution in [0.5, 0.6) is 0 Å². The summed E-state index contributed by atoms with van der Waals surface area (Å²) >= 11 is 0. The van der Waals surface area contributed by atoms with Crippen molar-refractivity contribution >= 4 is 27.3 Å². The maximum absolute atomic E-state index is 6.01. The molecule has 0 aliphatic carbocycles. The molecule has 0 amide bonds. The van der Waals surface area contributed by atoms with E-state index in [4.69, 9.17) is 15.0 Å². The Kier molecular flexibility index (Phi) is 9.97. The van der Waals surface area contributed by atoms with Gasteiger partial charge >= 0.3 is 0 Å². The molecule has 1 unspecified atom stereocenters. The minimum atomic E-state index is -0.707. The van der Waals surface area contributed by atoms with Crippen LogP contribution in [-0.4, -0.2) is 19.4 Å². The van der Waals surface area contributed by atoms with Crippen LogP contribution in [-0.2, 0) is 23.7 Å². The van der Waals surface area contributed by atoms with E-state index in [9.17, 15) is 0 Å². The first-order valence-corrected chi connectivity index (χ1v) is 21.1. The van der Waals surface area contributed by atoms with Crippen molar-refractivity contribution < 1.29 is 0 Å². The third-order valence-corrected chi connectivity index (χ3v) is 12.4. The quantitative estimate of drug-likeness (QED) is 0.123. The number of hydrogen-bond donors (Lipinski definition) is 0. The Balaban J connectivity index is 1.50. The van der Waals surface area contributed by atoms with Crippen LogP contribution in [0.15, 0.2) is 170 Å². The second-order valence-electron chi connectivity index (χ2n) is 17.3. The number of pyridine rings is 3. The lowest BCUT2D eigenvalue weighted by Crippen LogP contribution is -2.28. The average molecular weight is 769 g/mol. The summed E-state index contributed by atoms with van der Waals surface area (Å²) in [6, 6.07) is 57.0. The topological polar surface area (TPSA) is 43.1 Å². The van der Waals surface area contributed by atoms with Crippen LogP contribution in [0.4, 0.5) is 0 Å². The third-order valence-electron chi connectivity index (χ3n) is 12.4. The first-order chi connectivity index (χ1) is 28.7. The van der Waals surface area contributed by atoms with Crippen molar-refractivity contribution in [2.24, 2.45) is 11.8 Å². The van der Waals surface area contributed by atoms with Gasteiger partial charge in [-0.05, 0) is 108 Å². The number of benzene rings is 5. The molecular formula is C55H52N4. The van der Waals surface area contributed by atoms with E-state index in [2.05, 4.69) is 192 Å². The number of hydrogen-bond acceptors (Lipinski definition) is 3. The van der Waals surface area contributed by atoms with Crippen molar-refractivity contribution in [1.29, 1.82) is 0 Å². The minimum Gasteiger partial charge on any atom is -0.291 e. The normalized spacial score (nSPS) is 14.0. The highest BCUT2D eigenvalue weighted by atomic mass is 15.0. The van der Waals surface area contributed by atoms with Gasteiger partial charge in [0, 0.05) is 28.7 Å². The van der Waals surface area contributed by atoms with E-state index in [0.717, 1.165) is 63.3 Å². The van der Waals surface area contributed by atoms with Gasteiger partial charge < -0.3 is 0 Å². The van der Waals surface area contributed by atoms with Crippen molar-refractivity contribution in [3.05, 3.63) is 215 Å².